The van der Waals surface area contributed by atoms with Gasteiger partial charge in [0.15, 0.2) is 0 Å². The van der Waals surface area contributed by atoms with Gasteiger partial charge in [-0.25, -0.2) is 0 Å². The number of ether oxygens (including phenoxy) is 1. The van der Waals surface area contributed by atoms with Gasteiger partial charge in [0.05, 0.1) is 12.1 Å². The van der Waals surface area contributed by atoms with Crippen LogP contribution < -0.4 is 4.74 Å². The highest BCUT2D eigenvalue weighted by molar-refractivity contribution is 5.46. The summed E-state index contributed by atoms with van der Waals surface area (Å²) in [5, 5.41) is 11.2. The number of likely N-dealkylation sites (tertiary alicyclic amines) is 1. The fraction of sp³-hybridized carbons (Fsp3) is 0.667. The Morgan fingerprint density at radius 3 is 2.62 bits per heavy atom. The molecule has 0 radical (unpaired) electrons. The average Bonchev–Trinajstić information content (AvgIpc) is 3.20. The summed E-state index contributed by atoms with van der Waals surface area (Å²) in [4.78, 5) is 2.51. The minimum Gasteiger partial charge on any atom is -0.493 e. The number of benzene rings is 1. The van der Waals surface area contributed by atoms with E-state index >= 15 is 0 Å². The molecule has 0 amide bonds. The van der Waals surface area contributed by atoms with Gasteiger partial charge in [0.2, 0.25) is 0 Å². The number of rotatable bonds is 5. The van der Waals surface area contributed by atoms with Crippen molar-refractivity contribution in [3.05, 3.63) is 29.3 Å². The molecule has 116 valence electrons. The van der Waals surface area contributed by atoms with Crippen molar-refractivity contribution in [2.45, 2.75) is 57.6 Å². The van der Waals surface area contributed by atoms with Crippen LogP contribution >= 0.6 is 0 Å². The third-order valence-electron chi connectivity index (χ3n) is 5.51. The van der Waals surface area contributed by atoms with Crippen LogP contribution in [-0.4, -0.2) is 35.2 Å². The highest BCUT2D eigenvalue weighted by Crippen LogP contribution is 2.44. The molecule has 1 fully saturated rings. The first-order valence-electron chi connectivity index (χ1n) is 8.40. The quantitative estimate of drug-likeness (QED) is 0.902. The van der Waals surface area contributed by atoms with E-state index in [9.17, 15) is 5.11 Å². The van der Waals surface area contributed by atoms with Gasteiger partial charge in [-0.3, -0.25) is 4.90 Å². The van der Waals surface area contributed by atoms with E-state index < -0.39 is 6.10 Å². The Hall–Kier alpha value is -1.06. The Bertz CT molecular complexity index is 490. The topological polar surface area (TPSA) is 32.7 Å². The largest absolute Gasteiger partial charge is 0.493 e. The van der Waals surface area contributed by atoms with Crippen LogP contribution in [0.25, 0.3) is 0 Å². The number of fused-ring (bicyclic) bond motifs is 1. The highest BCUT2D eigenvalue weighted by Gasteiger charge is 2.43. The van der Waals surface area contributed by atoms with Crippen LogP contribution in [0, 0.1) is 0 Å². The maximum atomic E-state index is 11.2. The van der Waals surface area contributed by atoms with Gasteiger partial charge in [-0.2, -0.15) is 0 Å². The molecule has 0 aromatic heterocycles. The molecular weight excluding hydrogens is 262 g/mol. The van der Waals surface area contributed by atoms with E-state index in [1.807, 2.05) is 6.07 Å². The van der Waals surface area contributed by atoms with Crippen LogP contribution in [0.5, 0.6) is 5.75 Å². The number of aliphatic hydroxyl groups excluding tert-OH is 1. The van der Waals surface area contributed by atoms with Crippen molar-refractivity contribution in [3.63, 3.8) is 0 Å². The smallest absolute Gasteiger partial charge is 0.128 e. The predicted molar refractivity (Wildman–Crippen MR) is 84.7 cm³/mol. The summed E-state index contributed by atoms with van der Waals surface area (Å²) in [6.07, 6.45) is 4.92. The molecule has 3 nitrogen and oxygen atoms in total. The summed E-state index contributed by atoms with van der Waals surface area (Å²) in [5.41, 5.74) is 2.08. The third-order valence-corrected chi connectivity index (χ3v) is 5.51. The summed E-state index contributed by atoms with van der Waals surface area (Å²) in [6.45, 7) is 7.36. The van der Waals surface area contributed by atoms with Crippen molar-refractivity contribution < 1.29 is 9.84 Å². The minimum absolute atomic E-state index is 0.155. The number of hydrogen-bond donors (Lipinski definition) is 1. The lowest BCUT2D eigenvalue weighted by atomic mass is 9.80. The maximum Gasteiger partial charge on any atom is 0.128 e. The van der Waals surface area contributed by atoms with Crippen molar-refractivity contribution in [2.75, 3.05) is 19.7 Å². The van der Waals surface area contributed by atoms with Crippen LogP contribution in [0.3, 0.4) is 0 Å². The fourth-order valence-electron chi connectivity index (χ4n) is 4.16. The van der Waals surface area contributed by atoms with Gasteiger partial charge in [-0.15, -0.1) is 0 Å². The van der Waals surface area contributed by atoms with E-state index in [0.717, 1.165) is 50.3 Å². The third kappa shape index (κ3) is 2.36. The Morgan fingerprint density at radius 2 is 1.95 bits per heavy atom. The monoisotopic (exact) mass is 289 g/mol. The molecule has 0 bridgehead atoms. The molecule has 0 aliphatic carbocycles. The van der Waals surface area contributed by atoms with Gasteiger partial charge < -0.3 is 9.84 Å². The van der Waals surface area contributed by atoms with Gasteiger partial charge in [-0.05, 0) is 44.3 Å². The van der Waals surface area contributed by atoms with Crippen LogP contribution in [0.4, 0.5) is 0 Å². The maximum absolute atomic E-state index is 11.2. The van der Waals surface area contributed by atoms with Crippen molar-refractivity contribution in [3.8, 4) is 5.75 Å². The molecule has 3 rings (SSSR count). The Balaban J connectivity index is 1.98. The lowest BCUT2D eigenvalue weighted by molar-refractivity contribution is -0.0305. The van der Waals surface area contributed by atoms with Crippen molar-refractivity contribution in [1.29, 1.82) is 0 Å². The van der Waals surface area contributed by atoms with Crippen molar-refractivity contribution in [1.82, 2.24) is 4.90 Å². The van der Waals surface area contributed by atoms with Gasteiger partial charge in [-0.1, -0.05) is 32.0 Å². The van der Waals surface area contributed by atoms with Crippen LogP contribution in [0.1, 0.15) is 56.8 Å². The molecular formula is C18H27NO2. The van der Waals surface area contributed by atoms with E-state index in [-0.39, 0.29) is 5.54 Å². The summed E-state index contributed by atoms with van der Waals surface area (Å²) in [5.74, 6) is 0.940. The lowest BCUT2D eigenvalue weighted by Gasteiger charge is -2.45. The molecule has 2 heterocycles. The highest BCUT2D eigenvalue weighted by atomic mass is 16.5. The normalized spacial score (nSPS) is 20.3. The van der Waals surface area contributed by atoms with Crippen molar-refractivity contribution in [2.24, 2.45) is 0 Å². The minimum atomic E-state index is -0.473. The Kier molecular flexibility index (Phi) is 4.23. The van der Waals surface area contributed by atoms with Crippen LogP contribution in [0.2, 0.25) is 0 Å². The van der Waals surface area contributed by atoms with E-state index in [0.29, 0.717) is 0 Å². The number of aliphatic hydroxyl groups is 1. The van der Waals surface area contributed by atoms with E-state index in [2.05, 4.69) is 30.9 Å². The molecule has 1 aromatic rings. The molecule has 2 aliphatic rings. The number of nitrogens with zero attached hydrogens (tertiary/aromatic N) is 1. The second-order valence-corrected chi connectivity index (χ2v) is 6.34. The Morgan fingerprint density at radius 1 is 1.24 bits per heavy atom. The summed E-state index contributed by atoms with van der Waals surface area (Å²) >= 11 is 0. The van der Waals surface area contributed by atoms with Gasteiger partial charge in [0.1, 0.15) is 11.9 Å². The zero-order valence-corrected chi connectivity index (χ0v) is 13.3. The van der Waals surface area contributed by atoms with Gasteiger partial charge in [0.25, 0.3) is 0 Å². The second-order valence-electron chi connectivity index (χ2n) is 6.34. The van der Waals surface area contributed by atoms with Gasteiger partial charge >= 0.3 is 0 Å². The second kappa shape index (κ2) is 5.98. The zero-order chi connectivity index (χ0) is 14.9. The molecule has 0 saturated carbocycles. The SMILES string of the molecule is CCC(CC)(C(O)c1cccc2c1OCC2)N1CCCC1. The average molecular weight is 289 g/mol. The first-order valence-corrected chi connectivity index (χ1v) is 8.40. The molecule has 21 heavy (non-hydrogen) atoms. The Labute approximate surface area is 127 Å². The molecule has 1 unspecified atom stereocenters. The molecule has 3 heteroatoms. The standard InChI is InChI=1S/C18H27NO2/c1-3-18(4-2,19-11-5-6-12-19)17(20)15-9-7-8-14-10-13-21-16(14)15/h7-9,17,20H,3-6,10-13H2,1-2H3. The van der Waals surface area contributed by atoms with Crippen LogP contribution in [0.15, 0.2) is 18.2 Å². The number of para-hydroxylation sites is 1. The first-order chi connectivity index (χ1) is 10.2. The number of hydrogen-bond acceptors (Lipinski definition) is 3. The van der Waals surface area contributed by atoms with Gasteiger partial charge in [0, 0.05) is 12.0 Å². The molecule has 1 aromatic carbocycles. The predicted octanol–water partition coefficient (Wildman–Crippen LogP) is 3.31. The van der Waals surface area contributed by atoms with Crippen LogP contribution in [-0.2, 0) is 6.42 Å². The zero-order valence-electron chi connectivity index (χ0n) is 13.3. The summed E-state index contributed by atoms with van der Waals surface area (Å²) in [6, 6.07) is 6.23. The fourth-order valence-corrected chi connectivity index (χ4v) is 4.16. The lowest BCUT2D eigenvalue weighted by Crippen LogP contribution is -2.51. The van der Waals surface area contributed by atoms with Crippen molar-refractivity contribution >= 4 is 0 Å². The molecule has 1 atom stereocenters. The van der Waals surface area contributed by atoms with E-state index in [1.165, 1.54) is 18.4 Å². The van der Waals surface area contributed by atoms with E-state index in [1.54, 1.807) is 0 Å². The summed E-state index contributed by atoms with van der Waals surface area (Å²) < 4.78 is 5.82. The molecule has 2 aliphatic heterocycles. The molecule has 0 spiro atoms. The summed E-state index contributed by atoms with van der Waals surface area (Å²) in [7, 11) is 0. The molecule has 1 saturated heterocycles. The molecule has 1 N–H and O–H groups in total. The first kappa shape index (κ1) is 14.9. The van der Waals surface area contributed by atoms with E-state index in [4.69, 9.17) is 4.74 Å².